The number of nitrogens with one attached hydrogen (secondary N) is 4. The van der Waals surface area contributed by atoms with Gasteiger partial charge >= 0.3 is 24.2 Å². The average molecular weight is 875 g/mol. The van der Waals surface area contributed by atoms with E-state index in [9.17, 15) is 29.1 Å². The lowest BCUT2D eigenvalue weighted by Crippen LogP contribution is -2.49. The average Bonchev–Trinajstić information content (AvgIpc) is 3.24. The Hall–Kier alpha value is -6.14. The maximum atomic E-state index is 15.4. The minimum Gasteiger partial charge on any atom is -0.477 e. The lowest BCUT2D eigenvalue weighted by atomic mass is 10.1. The normalized spacial score (nSPS) is 13.9. The molecule has 1 saturated heterocycles. The molecular weight excluding hydrogens is 816 g/mol. The second-order valence-electron chi connectivity index (χ2n) is 16.6. The maximum Gasteiger partial charge on any atom is 0.410 e. The Balaban J connectivity index is 1.11. The van der Waals surface area contributed by atoms with Crippen molar-refractivity contribution in [1.29, 1.82) is 0 Å². The van der Waals surface area contributed by atoms with Crippen LogP contribution in [-0.2, 0) is 29.2 Å². The number of piperazine rings is 1. The van der Waals surface area contributed by atoms with Crippen LogP contribution in [0.2, 0.25) is 25.7 Å². The Morgan fingerprint density at radius 3 is 2.23 bits per heavy atom. The zero-order valence-corrected chi connectivity index (χ0v) is 36.9. The van der Waals surface area contributed by atoms with Gasteiger partial charge in [0, 0.05) is 89.8 Å². The van der Waals surface area contributed by atoms with Gasteiger partial charge in [0.2, 0.25) is 5.43 Å². The van der Waals surface area contributed by atoms with Crippen molar-refractivity contribution in [2.75, 3.05) is 56.0 Å². The smallest absolute Gasteiger partial charge is 0.410 e. The summed E-state index contributed by atoms with van der Waals surface area (Å²) in [6.45, 7) is 12.0. The Labute approximate surface area is 361 Å². The number of aromatic nitrogens is 1. The first-order valence-corrected chi connectivity index (χ1v) is 24.6. The molecule has 0 bridgehead atoms. The molecule has 5 rings (SSSR count). The predicted octanol–water partition coefficient (Wildman–Crippen LogP) is 5.77. The highest BCUT2D eigenvalue weighted by Crippen LogP contribution is 2.27. The number of nitrogens with zero attached hydrogens (tertiary/aromatic N) is 3. The van der Waals surface area contributed by atoms with Crippen LogP contribution in [0.5, 0.6) is 0 Å². The van der Waals surface area contributed by atoms with Crippen LogP contribution >= 0.6 is 0 Å². The van der Waals surface area contributed by atoms with Gasteiger partial charge in [-0.15, -0.1) is 0 Å². The van der Waals surface area contributed by atoms with Gasteiger partial charge in [-0.05, 0) is 61.2 Å². The number of anilines is 2. The summed E-state index contributed by atoms with van der Waals surface area (Å²) in [6, 6.07) is 19.9. The fourth-order valence-corrected chi connectivity index (χ4v) is 9.10. The van der Waals surface area contributed by atoms with Crippen molar-refractivity contribution in [3.05, 3.63) is 106 Å². The molecule has 62 heavy (non-hydrogen) atoms. The minimum atomic E-state index is -1.58. The number of hydrogen-bond donors (Lipinski definition) is 6. The number of primary amides is 1. The SMILES string of the molecule is CCn1cc(C(=O)O)c(=O)c2cc(F)c(N3CCN(C(=O)OCc4ccc(NC[C@@H](CCCNC(N)=O)NC[C@H](C[Si](C)(C)C)NC(=O)OCc5ccccc5)cc4)CC3)cc21. The molecule has 16 nitrogen and oxygen atoms in total. The molecular formula is C44H59FN8O8Si. The van der Waals surface area contributed by atoms with Crippen LogP contribution in [0, 0.1) is 5.82 Å². The number of halogens is 1. The summed E-state index contributed by atoms with van der Waals surface area (Å²) in [7, 11) is -1.58. The number of rotatable bonds is 20. The van der Waals surface area contributed by atoms with Gasteiger partial charge in [0.1, 0.15) is 24.6 Å². The van der Waals surface area contributed by atoms with Crippen LogP contribution in [-0.4, -0.2) is 105 Å². The zero-order valence-electron chi connectivity index (χ0n) is 35.9. The summed E-state index contributed by atoms with van der Waals surface area (Å²) < 4.78 is 28.1. The van der Waals surface area contributed by atoms with Crippen molar-refractivity contribution >= 4 is 54.5 Å². The lowest BCUT2D eigenvalue weighted by Gasteiger charge is -2.35. The number of carboxylic acids is 1. The van der Waals surface area contributed by atoms with Crippen LogP contribution < -0.4 is 37.3 Å². The van der Waals surface area contributed by atoms with E-state index in [1.807, 2.05) is 61.5 Å². The van der Waals surface area contributed by atoms with Gasteiger partial charge in [-0.3, -0.25) is 4.79 Å². The highest BCUT2D eigenvalue weighted by Gasteiger charge is 2.26. The second-order valence-corrected chi connectivity index (χ2v) is 22.1. The molecule has 4 amide bonds. The van der Waals surface area contributed by atoms with Crippen molar-refractivity contribution in [3.8, 4) is 0 Å². The summed E-state index contributed by atoms with van der Waals surface area (Å²) in [5.74, 6) is -2.01. The molecule has 0 spiro atoms. The Kier molecular flexibility index (Phi) is 16.7. The summed E-state index contributed by atoms with van der Waals surface area (Å²) in [5, 5.41) is 22.2. The quantitative estimate of drug-likeness (QED) is 0.0464. The van der Waals surface area contributed by atoms with Gasteiger partial charge in [-0.1, -0.05) is 62.1 Å². The molecule has 0 saturated carbocycles. The predicted molar refractivity (Wildman–Crippen MR) is 240 cm³/mol. The molecule has 2 heterocycles. The summed E-state index contributed by atoms with van der Waals surface area (Å²) in [6.07, 6.45) is 1.74. The van der Waals surface area contributed by atoms with E-state index < -0.39 is 49.1 Å². The number of ether oxygens (including phenoxy) is 2. The number of amides is 4. The number of fused-ring (bicyclic) bond motifs is 1. The molecule has 7 N–H and O–H groups in total. The summed E-state index contributed by atoms with van der Waals surface area (Å²) in [4.78, 5) is 64.8. The Morgan fingerprint density at radius 1 is 0.903 bits per heavy atom. The van der Waals surface area contributed by atoms with E-state index in [0.29, 0.717) is 64.3 Å². The lowest BCUT2D eigenvalue weighted by molar-refractivity contribution is 0.0694. The Morgan fingerprint density at radius 2 is 1.58 bits per heavy atom. The summed E-state index contributed by atoms with van der Waals surface area (Å²) >= 11 is 0. The highest BCUT2D eigenvalue weighted by atomic mass is 28.3. The van der Waals surface area contributed by atoms with E-state index >= 15 is 4.39 Å². The van der Waals surface area contributed by atoms with Crippen molar-refractivity contribution < 1.29 is 38.1 Å². The monoisotopic (exact) mass is 874 g/mol. The molecule has 0 radical (unpaired) electrons. The third kappa shape index (κ3) is 13.9. The van der Waals surface area contributed by atoms with Crippen LogP contribution in [0.25, 0.3) is 10.9 Å². The minimum absolute atomic E-state index is 0.00187. The van der Waals surface area contributed by atoms with Crippen LogP contribution in [0.3, 0.4) is 0 Å². The van der Waals surface area contributed by atoms with Gasteiger partial charge in [0.15, 0.2) is 0 Å². The number of pyridine rings is 1. The molecule has 0 unspecified atom stereocenters. The fraction of sp³-hybridized carbons (Fsp3) is 0.432. The van der Waals surface area contributed by atoms with Gasteiger partial charge in [0.25, 0.3) is 0 Å². The second kappa shape index (κ2) is 22.1. The van der Waals surface area contributed by atoms with Gasteiger partial charge in [0.05, 0.1) is 11.2 Å². The number of benzene rings is 3. The number of carbonyl (C=O) groups excluding carboxylic acids is 3. The molecule has 1 aliphatic heterocycles. The number of aromatic carboxylic acids is 1. The molecule has 2 atom stereocenters. The Bertz CT molecular complexity index is 2210. The summed E-state index contributed by atoms with van der Waals surface area (Å²) in [5.41, 5.74) is 7.38. The highest BCUT2D eigenvalue weighted by molar-refractivity contribution is 6.76. The molecule has 1 aliphatic rings. The number of alkyl carbamates (subject to hydrolysis) is 1. The number of aryl methyl sites for hydroxylation is 1. The first-order valence-electron chi connectivity index (χ1n) is 20.9. The third-order valence-corrected chi connectivity index (χ3v) is 12.3. The first kappa shape index (κ1) is 46.9. The molecule has 18 heteroatoms. The first-order chi connectivity index (χ1) is 29.6. The fourth-order valence-electron chi connectivity index (χ4n) is 7.37. The molecule has 1 aromatic heterocycles. The molecule has 0 aliphatic carbocycles. The standard InChI is InChI=1S/C44H59FN8O8Si/c1-5-51-26-36(41(55)56)40(54)35-22-37(45)39(23-38(35)51)52-18-20-53(21-19-52)44(59)61-28-31-13-15-32(16-14-31)48-24-33(12-9-17-47-42(46)57)49-25-34(29-62(2,3)4)50-43(58)60-27-30-10-7-6-8-11-30/h6-8,10-11,13-16,22-23,26,33-34,48-49H,5,9,12,17-21,24-25,27-29H2,1-4H3,(H,50,58)(H,55,56)(H3,46,47,57)/t33-,34-/m1/s1. The van der Waals surface area contributed by atoms with Crippen molar-refractivity contribution in [3.63, 3.8) is 0 Å². The molecule has 3 aromatic carbocycles. The van der Waals surface area contributed by atoms with E-state index in [0.717, 1.165) is 35.3 Å². The van der Waals surface area contributed by atoms with Crippen LogP contribution in [0.4, 0.5) is 30.1 Å². The van der Waals surface area contributed by atoms with Crippen LogP contribution in [0.15, 0.2) is 77.7 Å². The zero-order chi connectivity index (χ0) is 44.8. The third-order valence-electron chi connectivity index (χ3n) is 10.5. The number of carboxylic acid groups (broad SMARTS) is 1. The van der Waals surface area contributed by atoms with E-state index in [1.165, 1.54) is 6.20 Å². The van der Waals surface area contributed by atoms with Gasteiger partial charge < -0.3 is 55.9 Å². The molecule has 334 valence electrons. The van der Waals surface area contributed by atoms with Crippen molar-refractivity contribution in [1.82, 2.24) is 25.4 Å². The van der Waals surface area contributed by atoms with E-state index in [2.05, 4.69) is 40.9 Å². The van der Waals surface area contributed by atoms with E-state index in [4.69, 9.17) is 15.2 Å². The number of carbonyl (C=O) groups is 4. The molecule has 1 fully saturated rings. The topological polar surface area (TPSA) is 210 Å². The van der Waals surface area contributed by atoms with Crippen molar-refractivity contribution in [2.24, 2.45) is 5.73 Å². The van der Waals surface area contributed by atoms with Gasteiger partial charge in [-0.25, -0.2) is 23.6 Å². The maximum absolute atomic E-state index is 15.4. The van der Waals surface area contributed by atoms with Gasteiger partial charge in [-0.2, -0.15) is 0 Å². The number of hydrogen-bond acceptors (Lipinski definition) is 10. The van der Waals surface area contributed by atoms with Crippen LogP contribution in [0.1, 0.15) is 41.3 Å². The number of urea groups is 1. The largest absolute Gasteiger partial charge is 0.477 e. The van der Waals surface area contributed by atoms with E-state index in [-0.39, 0.29) is 36.4 Å². The molecule has 4 aromatic rings. The van der Waals surface area contributed by atoms with E-state index in [1.54, 1.807) is 20.4 Å². The van der Waals surface area contributed by atoms with Crippen molar-refractivity contribution in [2.45, 2.75) is 77.3 Å². The number of nitrogens with two attached hydrogens (primary N) is 1.